The van der Waals surface area contributed by atoms with Gasteiger partial charge in [0.1, 0.15) is 16.5 Å². The van der Waals surface area contributed by atoms with Crippen LogP contribution in [0.4, 0.5) is 14.6 Å². The molecule has 128 valence electrons. The predicted molar refractivity (Wildman–Crippen MR) is 87.7 cm³/mol. The number of nitrogens with zero attached hydrogens (tertiary/aromatic N) is 3. The van der Waals surface area contributed by atoms with Crippen LogP contribution in [0.5, 0.6) is 0 Å². The Labute approximate surface area is 141 Å². The lowest BCUT2D eigenvalue weighted by Gasteiger charge is -2.27. The summed E-state index contributed by atoms with van der Waals surface area (Å²) in [5, 5.41) is 2.87. The summed E-state index contributed by atoms with van der Waals surface area (Å²) in [5.74, 6) is -0.361. The van der Waals surface area contributed by atoms with Crippen molar-refractivity contribution in [2.75, 3.05) is 31.1 Å². The molecule has 24 heavy (non-hydrogen) atoms. The van der Waals surface area contributed by atoms with E-state index in [9.17, 15) is 13.6 Å². The molecular formula is C15H16ClF2N5O. The van der Waals surface area contributed by atoms with Crippen molar-refractivity contribution in [3.63, 3.8) is 0 Å². The molecule has 1 aliphatic heterocycles. The third-order valence-electron chi connectivity index (χ3n) is 3.72. The molecule has 9 heteroatoms. The van der Waals surface area contributed by atoms with Gasteiger partial charge in [-0.3, -0.25) is 4.79 Å². The van der Waals surface area contributed by atoms with Crippen LogP contribution in [0, 0.1) is 5.95 Å². The van der Waals surface area contributed by atoms with Gasteiger partial charge < -0.3 is 15.2 Å². The number of aromatic amines is 1. The third kappa shape index (κ3) is 3.54. The van der Waals surface area contributed by atoms with Gasteiger partial charge in [0.25, 0.3) is 5.56 Å². The molecular weight excluding hydrogens is 340 g/mol. The molecule has 0 radical (unpaired) electrons. The first-order chi connectivity index (χ1) is 11.4. The van der Waals surface area contributed by atoms with Gasteiger partial charge in [-0.05, 0) is 13.0 Å². The molecule has 0 aromatic carbocycles. The Kier molecular flexibility index (Phi) is 4.51. The number of rotatable bonds is 2. The molecule has 3 rings (SSSR count). The Morgan fingerprint density at radius 1 is 1.46 bits per heavy atom. The van der Waals surface area contributed by atoms with Gasteiger partial charge in [-0.2, -0.15) is 4.39 Å². The average molecular weight is 356 g/mol. The summed E-state index contributed by atoms with van der Waals surface area (Å²) in [6, 6.07) is 2.67. The fourth-order valence-electron chi connectivity index (χ4n) is 2.62. The van der Waals surface area contributed by atoms with Crippen molar-refractivity contribution in [3.05, 3.63) is 39.7 Å². The minimum absolute atomic E-state index is 0.0420. The molecule has 3 heterocycles. The predicted octanol–water partition coefficient (Wildman–Crippen LogP) is 1.76. The van der Waals surface area contributed by atoms with Gasteiger partial charge in [0.05, 0.1) is 6.54 Å². The minimum atomic E-state index is -1.49. The first kappa shape index (κ1) is 16.8. The topological polar surface area (TPSA) is 73.9 Å². The van der Waals surface area contributed by atoms with Crippen LogP contribution < -0.4 is 15.8 Å². The van der Waals surface area contributed by atoms with Crippen molar-refractivity contribution in [2.45, 2.75) is 12.6 Å². The molecule has 0 spiro atoms. The lowest BCUT2D eigenvalue weighted by atomic mass is 10.1. The maximum atomic E-state index is 14.5. The standard InChI is InChI=1S/C15H16ClF2N5O/c1-15(18)7-19-4-5-23(8-15)13-11(16)14(24)22-12(21-13)9-2-3-20-10(17)6-9/h2-3,6,19H,4-5,7-8H2,1H3,(H,21,22,24). The highest BCUT2D eigenvalue weighted by Crippen LogP contribution is 2.26. The number of halogens is 3. The highest BCUT2D eigenvalue weighted by atomic mass is 35.5. The monoisotopic (exact) mass is 355 g/mol. The second-order valence-corrected chi connectivity index (χ2v) is 6.31. The second-order valence-electron chi connectivity index (χ2n) is 5.93. The van der Waals surface area contributed by atoms with E-state index in [1.54, 1.807) is 4.90 Å². The molecule has 0 bridgehead atoms. The Morgan fingerprint density at radius 2 is 2.25 bits per heavy atom. The fraction of sp³-hybridized carbons (Fsp3) is 0.400. The van der Waals surface area contributed by atoms with E-state index in [2.05, 4.69) is 20.3 Å². The van der Waals surface area contributed by atoms with Crippen molar-refractivity contribution >= 4 is 17.4 Å². The van der Waals surface area contributed by atoms with E-state index in [-0.39, 0.29) is 29.8 Å². The molecule has 0 saturated carbocycles. The summed E-state index contributed by atoms with van der Waals surface area (Å²) in [6.07, 6.45) is 1.27. The maximum absolute atomic E-state index is 14.5. The summed E-state index contributed by atoms with van der Waals surface area (Å²) in [4.78, 5) is 24.1. The van der Waals surface area contributed by atoms with Crippen LogP contribution in [-0.2, 0) is 0 Å². The number of H-pyrrole nitrogens is 1. The van der Waals surface area contributed by atoms with E-state index >= 15 is 0 Å². The van der Waals surface area contributed by atoms with Crippen LogP contribution >= 0.6 is 11.6 Å². The van der Waals surface area contributed by atoms with Crippen molar-refractivity contribution < 1.29 is 8.78 Å². The van der Waals surface area contributed by atoms with Gasteiger partial charge in [0, 0.05) is 37.5 Å². The van der Waals surface area contributed by atoms with E-state index in [4.69, 9.17) is 11.6 Å². The van der Waals surface area contributed by atoms with Crippen LogP contribution in [-0.4, -0.2) is 46.8 Å². The lowest BCUT2D eigenvalue weighted by molar-refractivity contribution is 0.201. The third-order valence-corrected chi connectivity index (χ3v) is 4.06. The molecule has 2 aromatic heterocycles. The molecule has 2 N–H and O–H groups in total. The smallest absolute Gasteiger partial charge is 0.272 e. The SMILES string of the molecule is CC1(F)CNCCN(c2nc(-c3ccnc(F)c3)[nH]c(=O)c2Cl)C1. The molecule has 1 saturated heterocycles. The molecule has 0 aliphatic carbocycles. The zero-order valence-electron chi connectivity index (χ0n) is 12.9. The Bertz CT molecular complexity index is 811. The first-order valence-corrected chi connectivity index (χ1v) is 7.80. The highest BCUT2D eigenvalue weighted by Gasteiger charge is 2.31. The van der Waals surface area contributed by atoms with Gasteiger partial charge in [-0.15, -0.1) is 0 Å². The summed E-state index contributed by atoms with van der Waals surface area (Å²) < 4.78 is 27.8. The van der Waals surface area contributed by atoms with E-state index < -0.39 is 17.2 Å². The minimum Gasteiger partial charge on any atom is -0.351 e. The van der Waals surface area contributed by atoms with Crippen molar-refractivity contribution in [1.29, 1.82) is 0 Å². The summed E-state index contributed by atoms with van der Waals surface area (Å²) in [6.45, 7) is 2.69. The number of pyridine rings is 1. The zero-order valence-corrected chi connectivity index (χ0v) is 13.7. The number of hydrogen-bond acceptors (Lipinski definition) is 5. The van der Waals surface area contributed by atoms with Crippen LogP contribution in [0.1, 0.15) is 6.92 Å². The average Bonchev–Trinajstić information content (AvgIpc) is 2.70. The van der Waals surface area contributed by atoms with Crippen LogP contribution in [0.15, 0.2) is 23.1 Å². The van der Waals surface area contributed by atoms with E-state index in [1.807, 2.05) is 0 Å². The Hall–Kier alpha value is -2.06. The Morgan fingerprint density at radius 3 is 3.00 bits per heavy atom. The number of aromatic nitrogens is 3. The molecule has 1 aliphatic rings. The molecule has 2 aromatic rings. The lowest BCUT2D eigenvalue weighted by Crippen LogP contribution is -2.40. The zero-order chi connectivity index (χ0) is 17.3. The van der Waals surface area contributed by atoms with Crippen molar-refractivity contribution in [3.8, 4) is 11.4 Å². The Balaban J connectivity index is 2.06. The van der Waals surface area contributed by atoms with Gasteiger partial charge in [-0.25, -0.2) is 14.4 Å². The number of alkyl halides is 1. The van der Waals surface area contributed by atoms with Crippen molar-refractivity contribution in [1.82, 2.24) is 20.3 Å². The quantitative estimate of drug-likeness (QED) is 0.803. The highest BCUT2D eigenvalue weighted by molar-refractivity contribution is 6.32. The maximum Gasteiger partial charge on any atom is 0.272 e. The number of hydrogen-bond donors (Lipinski definition) is 2. The molecule has 1 unspecified atom stereocenters. The van der Waals surface area contributed by atoms with Crippen LogP contribution in [0.2, 0.25) is 5.02 Å². The summed E-state index contributed by atoms with van der Waals surface area (Å²) >= 11 is 6.09. The summed E-state index contributed by atoms with van der Waals surface area (Å²) in [5.41, 5.74) is -1.70. The van der Waals surface area contributed by atoms with E-state index in [0.29, 0.717) is 18.7 Å². The van der Waals surface area contributed by atoms with Gasteiger partial charge >= 0.3 is 0 Å². The largest absolute Gasteiger partial charge is 0.351 e. The molecule has 1 atom stereocenters. The van der Waals surface area contributed by atoms with Gasteiger partial charge in [0.2, 0.25) is 5.95 Å². The molecule has 1 fully saturated rings. The van der Waals surface area contributed by atoms with E-state index in [0.717, 1.165) is 6.07 Å². The molecule has 6 nitrogen and oxygen atoms in total. The fourth-order valence-corrected chi connectivity index (χ4v) is 2.83. The van der Waals surface area contributed by atoms with Crippen molar-refractivity contribution in [2.24, 2.45) is 0 Å². The normalized spacial score (nSPS) is 21.6. The van der Waals surface area contributed by atoms with E-state index in [1.165, 1.54) is 19.2 Å². The van der Waals surface area contributed by atoms with Crippen LogP contribution in [0.25, 0.3) is 11.4 Å². The summed E-state index contributed by atoms with van der Waals surface area (Å²) in [7, 11) is 0. The molecule has 0 amide bonds. The number of nitrogens with one attached hydrogen (secondary N) is 2. The van der Waals surface area contributed by atoms with Gasteiger partial charge in [-0.1, -0.05) is 11.6 Å². The van der Waals surface area contributed by atoms with Crippen LogP contribution in [0.3, 0.4) is 0 Å². The second kappa shape index (κ2) is 6.45. The first-order valence-electron chi connectivity index (χ1n) is 7.42. The number of anilines is 1. The van der Waals surface area contributed by atoms with Gasteiger partial charge in [0.15, 0.2) is 5.82 Å².